The summed E-state index contributed by atoms with van der Waals surface area (Å²) in [6.45, 7) is 20.7. The van der Waals surface area contributed by atoms with Crippen molar-refractivity contribution in [1.82, 2.24) is 62.8 Å². The Bertz CT molecular complexity index is 2650. The highest BCUT2D eigenvalue weighted by Crippen LogP contribution is 2.25. The van der Waals surface area contributed by atoms with Crippen molar-refractivity contribution >= 4 is 69.7 Å². The molecule has 9 N–H and O–H groups in total. The first kappa shape index (κ1) is 55.5. The van der Waals surface area contributed by atoms with Gasteiger partial charge in [0.25, 0.3) is 17.7 Å². The van der Waals surface area contributed by atoms with Crippen LogP contribution >= 0.6 is 36.7 Å². The Morgan fingerprint density at radius 2 is 0.667 bits per heavy atom. The number of rotatable bonds is 12. The molecule has 3 amide bonds. The topological polar surface area (TPSA) is 238 Å². The van der Waals surface area contributed by atoms with Gasteiger partial charge in [0.1, 0.15) is 36.9 Å². The Labute approximate surface area is 453 Å². The van der Waals surface area contributed by atoms with Crippen LogP contribution in [0.1, 0.15) is 163 Å². The van der Waals surface area contributed by atoms with Crippen LogP contribution in [0, 0.1) is 0 Å². The van der Waals surface area contributed by atoms with E-state index in [0.29, 0.717) is 35.0 Å². The third-order valence-corrected chi connectivity index (χ3v) is 13.2. The van der Waals surface area contributed by atoms with Crippen LogP contribution in [0.15, 0.2) is 105 Å². The summed E-state index contributed by atoms with van der Waals surface area (Å²) >= 11 is 16.9. The predicted molar refractivity (Wildman–Crippen MR) is 298 cm³/mol. The standard InChI is InChI=1S/C54H66N12O6S3/c1-52(2,3)34-16-10-31(11-17-34)22-55-49(73)58-25-37-46-64-41(28-70-46)44(68)62-39(27-60-51(75)57-24-33-14-20-36(21-15-33)54(7,8)9)48-66-42(30-72-48)45(69)63-38(47-65-40(29-71-47)43(67)61-37)26-59-50(74)56-23-32-12-18-35(19-13-32)53(4,5)6/h10-21,28-30,37-39H,22-27H2,1-9H3,(H,61,67)(H,62,68)(H,63,69)(H2,55,58,73)(H2,56,59,74)(H2,57,60,75)/t37-,38-,39-/m0/s1. The molecular formula is C54H66N12O6S3. The molecule has 3 atom stereocenters. The van der Waals surface area contributed by atoms with Crippen LogP contribution in [-0.4, -0.2) is 67.6 Å². The van der Waals surface area contributed by atoms with Crippen molar-refractivity contribution < 1.29 is 27.6 Å². The number of hydrogen-bond acceptors (Lipinski definition) is 12. The average Bonchev–Trinajstić information content (AvgIpc) is 4.18. The molecule has 21 heteroatoms. The lowest BCUT2D eigenvalue weighted by Crippen LogP contribution is -2.43. The SMILES string of the molecule is CC(C)(C)c1ccc(CNC(=S)NC[C@@H]2NC(=O)c3coc(n3)[C@H](CNC(=S)NCc3ccc(C(C)(C)C)cc3)NC(=O)c3coc(n3)[C@H](CNC(=S)NCc3ccc(C(C)(C)C)cc3)NC(=O)c3coc2n3)cc1. The van der Waals surface area contributed by atoms with Crippen LogP contribution < -0.4 is 47.9 Å². The van der Waals surface area contributed by atoms with Crippen molar-refractivity contribution in [2.45, 2.75) is 116 Å². The van der Waals surface area contributed by atoms with E-state index in [2.05, 4.69) is 162 Å². The van der Waals surface area contributed by atoms with Crippen LogP contribution in [0.4, 0.5) is 0 Å². The van der Waals surface area contributed by atoms with E-state index < -0.39 is 35.8 Å². The predicted octanol–water partition coefficient (Wildman–Crippen LogP) is 7.26. The molecule has 1 aliphatic rings. The highest BCUT2D eigenvalue weighted by atomic mass is 32.1. The third kappa shape index (κ3) is 15.7. The lowest BCUT2D eigenvalue weighted by atomic mass is 9.87. The van der Waals surface area contributed by atoms with Crippen molar-refractivity contribution in [2.24, 2.45) is 0 Å². The molecule has 0 aliphatic carbocycles. The smallest absolute Gasteiger partial charge is 0.273 e. The van der Waals surface area contributed by atoms with E-state index in [-0.39, 0.29) is 70.6 Å². The van der Waals surface area contributed by atoms with E-state index in [1.54, 1.807) is 0 Å². The Morgan fingerprint density at radius 1 is 0.427 bits per heavy atom. The number of nitrogens with one attached hydrogen (secondary N) is 9. The summed E-state index contributed by atoms with van der Waals surface area (Å²) in [5.74, 6) is -2.06. The minimum absolute atomic E-state index is 0.0110. The minimum Gasteiger partial charge on any atom is -0.446 e. The van der Waals surface area contributed by atoms with E-state index in [9.17, 15) is 14.4 Å². The van der Waals surface area contributed by atoms with Gasteiger partial charge in [-0.3, -0.25) is 14.4 Å². The van der Waals surface area contributed by atoms with Gasteiger partial charge in [0, 0.05) is 39.3 Å². The first-order valence-electron chi connectivity index (χ1n) is 24.6. The van der Waals surface area contributed by atoms with Crippen molar-refractivity contribution in [3.8, 4) is 0 Å². The van der Waals surface area contributed by atoms with E-state index in [0.717, 1.165) is 16.7 Å². The molecule has 3 aromatic heterocycles. The molecule has 4 heterocycles. The Morgan fingerprint density at radius 3 is 0.893 bits per heavy atom. The number of aromatic nitrogens is 3. The molecule has 396 valence electrons. The molecule has 1 aliphatic heterocycles. The van der Waals surface area contributed by atoms with Crippen LogP contribution in [-0.2, 0) is 35.9 Å². The molecule has 0 spiro atoms. The first-order chi connectivity index (χ1) is 35.5. The average molecular weight is 1080 g/mol. The number of hydrogen-bond donors (Lipinski definition) is 9. The van der Waals surface area contributed by atoms with E-state index in [1.165, 1.54) is 35.5 Å². The first-order valence-corrected chi connectivity index (χ1v) is 25.8. The van der Waals surface area contributed by atoms with Crippen LogP contribution in [0.5, 0.6) is 0 Å². The fourth-order valence-corrected chi connectivity index (χ4v) is 8.11. The second-order valence-corrected chi connectivity index (χ2v) is 22.5. The van der Waals surface area contributed by atoms with Crippen LogP contribution in [0.2, 0.25) is 0 Å². The Balaban J connectivity index is 1.10. The number of amides is 3. The van der Waals surface area contributed by atoms with Gasteiger partial charge in [-0.15, -0.1) is 0 Å². The zero-order valence-electron chi connectivity index (χ0n) is 43.7. The summed E-state index contributed by atoms with van der Waals surface area (Å²) < 4.78 is 17.6. The lowest BCUT2D eigenvalue weighted by Gasteiger charge is -2.20. The maximum absolute atomic E-state index is 14.0. The number of oxazole rings is 3. The molecule has 0 saturated carbocycles. The second-order valence-electron chi connectivity index (χ2n) is 21.3. The minimum atomic E-state index is -0.992. The van der Waals surface area contributed by atoms with Gasteiger partial charge in [-0.05, 0) is 86.3 Å². The Kier molecular flexibility index (Phi) is 17.7. The van der Waals surface area contributed by atoms with Gasteiger partial charge in [-0.1, -0.05) is 135 Å². The number of carbonyl (C=O) groups excluding carboxylic acids is 3. The summed E-state index contributed by atoms with van der Waals surface area (Å²) in [6.07, 6.45) is 3.50. The van der Waals surface area contributed by atoms with Crippen molar-refractivity contribution in [2.75, 3.05) is 19.6 Å². The van der Waals surface area contributed by atoms with E-state index in [4.69, 9.17) is 49.9 Å². The molecule has 0 unspecified atom stereocenters. The zero-order valence-corrected chi connectivity index (χ0v) is 46.1. The third-order valence-electron chi connectivity index (χ3n) is 12.3. The summed E-state index contributed by atoms with van der Waals surface area (Å²) in [7, 11) is 0. The number of carbonyl (C=O) groups is 3. The molecule has 18 nitrogen and oxygen atoms in total. The van der Waals surface area contributed by atoms with Gasteiger partial charge in [-0.25, -0.2) is 15.0 Å². The molecule has 0 fully saturated rings. The fourth-order valence-electron chi connectivity index (χ4n) is 7.64. The highest BCUT2D eigenvalue weighted by molar-refractivity contribution is 7.80. The highest BCUT2D eigenvalue weighted by Gasteiger charge is 2.30. The molecular weight excluding hydrogens is 1010 g/mol. The van der Waals surface area contributed by atoms with Crippen LogP contribution in [0.25, 0.3) is 0 Å². The van der Waals surface area contributed by atoms with Gasteiger partial charge < -0.3 is 61.1 Å². The van der Waals surface area contributed by atoms with Crippen molar-refractivity contribution in [1.29, 1.82) is 0 Å². The quantitative estimate of drug-likeness (QED) is 0.0548. The number of nitrogens with zero attached hydrogens (tertiary/aromatic N) is 3. The van der Waals surface area contributed by atoms with Gasteiger partial charge in [-0.2, -0.15) is 0 Å². The van der Waals surface area contributed by atoms with E-state index >= 15 is 0 Å². The molecule has 7 rings (SSSR count). The fraction of sp³-hybridized carbons (Fsp3) is 0.389. The zero-order chi connectivity index (χ0) is 54.1. The molecule has 0 saturated heterocycles. The van der Waals surface area contributed by atoms with Crippen molar-refractivity contribution in [3.05, 3.63) is 160 Å². The monoisotopic (exact) mass is 1070 g/mol. The molecule has 6 bridgehead atoms. The lowest BCUT2D eigenvalue weighted by molar-refractivity contribution is 0.0920. The summed E-state index contributed by atoms with van der Waals surface area (Å²) in [6, 6.07) is 21.8. The Hall–Kier alpha value is -7.23. The normalized spacial score (nSPS) is 16.3. The number of fused-ring (bicyclic) bond motifs is 6. The number of benzene rings is 3. The van der Waals surface area contributed by atoms with Gasteiger partial charge >= 0.3 is 0 Å². The maximum Gasteiger partial charge on any atom is 0.273 e. The van der Waals surface area contributed by atoms with Crippen LogP contribution in [0.3, 0.4) is 0 Å². The van der Waals surface area contributed by atoms with Gasteiger partial charge in [0.15, 0.2) is 32.4 Å². The van der Waals surface area contributed by atoms with Crippen molar-refractivity contribution in [3.63, 3.8) is 0 Å². The maximum atomic E-state index is 14.0. The summed E-state index contributed by atoms with van der Waals surface area (Å²) in [5, 5.41) is 28.5. The molecule has 75 heavy (non-hydrogen) atoms. The largest absolute Gasteiger partial charge is 0.446 e. The van der Waals surface area contributed by atoms with Gasteiger partial charge in [0.05, 0.1) is 0 Å². The number of thiocarbonyl (C=S) groups is 3. The summed E-state index contributed by atoms with van der Waals surface area (Å²) in [5.41, 5.74) is 6.34. The second kappa shape index (κ2) is 24.0. The molecule has 0 radical (unpaired) electrons. The molecule has 3 aromatic carbocycles. The molecule has 6 aromatic rings. The van der Waals surface area contributed by atoms with E-state index in [1.807, 2.05) is 36.4 Å². The summed E-state index contributed by atoms with van der Waals surface area (Å²) in [4.78, 5) is 55.5. The van der Waals surface area contributed by atoms with Gasteiger partial charge in [0.2, 0.25) is 17.7 Å².